The zero-order valence-corrected chi connectivity index (χ0v) is 17.9. The Kier molecular flexibility index (Phi) is 5.63. The van der Waals surface area contributed by atoms with Crippen LogP contribution in [0.25, 0.3) is 5.69 Å². The van der Waals surface area contributed by atoms with Crippen LogP contribution in [-0.2, 0) is 11.2 Å². The van der Waals surface area contributed by atoms with Crippen molar-refractivity contribution < 1.29 is 4.79 Å². The Bertz CT molecular complexity index is 1170. The molecule has 7 heteroatoms. The first-order chi connectivity index (χ1) is 14.4. The highest BCUT2D eigenvalue weighted by atomic mass is 32.2. The van der Waals surface area contributed by atoms with E-state index in [0.717, 1.165) is 29.8 Å². The number of aryl methyl sites for hydroxylation is 3. The highest BCUT2D eigenvalue weighted by molar-refractivity contribution is 7.99. The summed E-state index contributed by atoms with van der Waals surface area (Å²) in [6.45, 7) is 4.76. The molecule has 0 aliphatic carbocycles. The Labute approximate surface area is 179 Å². The maximum Gasteiger partial charge on any atom is 0.275 e. The standard InChI is InChI=1S/C23H24N4O2S/c1-15-9-10-18(12-16(15)2)27-20(24)13-21(28)25-23(27)30-14-22(29)26-11-5-7-17-6-3-4-8-19(17)26/h3-4,6,8-10,12-13H,5,7,11,14,24H2,1-2H3. The first-order valence-electron chi connectivity index (χ1n) is 9.92. The van der Waals surface area contributed by atoms with E-state index in [1.165, 1.54) is 29.0 Å². The predicted octanol–water partition coefficient (Wildman–Crippen LogP) is 3.50. The largest absolute Gasteiger partial charge is 0.385 e. The van der Waals surface area contributed by atoms with Crippen molar-refractivity contribution in [1.29, 1.82) is 0 Å². The summed E-state index contributed by atoms with van der Waals surface area (Å²) < 4.78 is 1.73. The molecule has 3 aromatic rings. The molecule has 2 aromatic carbocycles. The van der Waals surface area contributed by atoms with Gasteiger partial charge in [0.15, 0.2) is 5.16 Å². The fourth-order valence-electron chi connectivity index (χ4n) is 3.70. The molecule has 1 amide bonds. The molecule has 154 valence electrons. The van der Waals surface area contributed by atoms with Crippen molar-refractivity contribution in [3.8, 4) is 5.69 Å². The molecule has 30 heavy (non-hydrogen) atoms. The maximum absolute atomic E-state index is 13.0. The van der Waals surface area contributed by atoms with Crippen molar-refractivity contribution in [1.82, 2.24) is 9.55 Å². The van der Waals surface area contributed by atoms with Crippen LogP contribution in [0, 0.1) is 13.8 Å². The second kappa shape index (κ2) is 8.36. The van der Waals surface area contributed by atoms with Crippen LogP contribution in [-0.4, -0.2) is 27.8 Å². The van der Waals surface area contributed by atoms with Gasteiger partial charge in [0.1, 0.15) is 5.82 Å². The molecule has 2 heterocycles. The maximum atomic E-state index is 13.0. The minimum Gasteiger partial charge on any atom is -0.385 e. The van der Waals surface area contributed by atoms with Crippen LogP contribution in [0.4, 0.5) is 11.5 Å². The minimum absolute atomic E-state index is 0.00420. The molecule has 0 unspecified atom stereocenters. The molecule has 0 spiro atoms. The number of hydrogen-bond acceptors (Lipinski definition) is 5. The van der Waals surface area contributed by atoms with Gasteiger partial charge < -0.3 is 10.6 Å². The van der Waals surface area contributed by atoms with Crippen LogP contribution in [0.2, 0.25) is 0 Å². The molecule has 0 bridgehead atoms. The first kappa shape index (κ1) is 20.2. The van der Waals surface area contributed by atoms with Gasteiger partial charge in [0.25, 0.3) is 5.56 Å². The molecule has 0 radical (unpaired) electrons. The van der Waals surface area contributed by atoms with Crippen LogP contribution in [0.1, 0.15) is 23.1 Å². The lowest BCUT2D eigenvalue weighted by molar-refractivity contribution is -0.116. The number of anilines is 2. The lowest BCUT2D eigenvalue weighted by Gasteiger charge is -2.29. The highest BCUT2D eigenvalue weighted by Gasteiger charge is 2.23. The van der Waals surface area contributed by atoms with Gasteiger partial charge >= 0.3 is 0 Å². The molecule has 4 rings (SSSR count). The molecule has 2 N–H and O–H groups in total. The summed E-state index contributed by atoms with van der Waals surface area (Å²) in [5.41, 5.74) is 11.0. The van der Waals surface area contributed by atoms with Crippen molar-refractivity contribution in [2.45, 2.75) is 31.8 Å². The molecule has 0 fully saturated rings. The van der Waals surface area contributed by atoms with E-state index >= 15 is 0 Å². The van der Waals surface area contributed by atoms with Crippen LogP contribution in [0.5, 0.6) is 0 Å². The quantitative estimate of drug-likeness (QED) is 0.516. The summed E-state index contributed by atoms with van der Waals surface area (Å²) >= 11 is 1.24. The summed E-state index contributed by atoms with van der Waals surface area (Å²) in [6, 6.07) is 15.3. The van der Waals surface area contributed by atoms with Gasteiger partial charge in [-0.2, -0.15) is 4.98 Å². The zero-order chi connectivity index (χ0) is 21.3. The average molecular weight is 421 g/mol. The lowest BCUT2D eigenvalue weighted by Crippen LogP contribution is -2.36. The van der Waals surface area contributed by atoms with E-state index in [4.69, 9.17) is 5.73 Å². The third-order valence-corrected chi connectivity index (χ3v) is 6.33. The van der Waals surface area contributed by atoms with Gasteiger partial charge in [0.05, 0.1) is 5.75 Å². The van der Waals surface area contributed by atoms with E-state index in [9.17, 15) is 9.59 Å². The number of rotatable bonds is 4. The van der Waals surface area contributed by atoms with Gasteiger partial charge in [-0.25, -0.2) is 0 Å². The molecule has 0 saturated carbocycles. The van der Waals surface area contributed by atoms with Crippen LogP contribution in [0.3, 0.4) is 0 Å². The van der Waals surface area contributed by atoms with Crippen molar-refractivity contribution in [2.24, 2.45) is 0 Å². The molecule has 0 atom stereocenters. The minimum atomic E-state index is -0.411. The first-order valence-corrected chi connectivity index (χ1v) is 10.9. The van der Waals surface area contributed by atoms with Gasteiger partial charge in [-0.1, -0.05) is 36.0 Å². The van der Waals surface area contributed by atoms with Gasteiger partial charge in [-0.15, -0.1) is 0 Å². The molecular formula is C23H24N4O2S. The summed E-state index contributed by atoms with van der Waals surface area (Å²) in [5.74, 6) is 0.474. The monoisotopic (exact) mass is 420 g/mol. The van der Waals surface area contributed by atoms with Crippen molar-refractivity contribution in [2.75, 3.05) is 22.9 Å². The number of hydrogen-bond donors (Lipinski definition) is 1. The SMILES string of the molecule is Cc1ccc(-n2c(N)cc(=O)nc2SCC(=O)N2CCCc3ccccc32)cc1C. The Morgan fingerprint density at radius 3 is 2.73 bits per heavy atom. The Morgan fingerprint density at radius 2 is 1.93 bits per heavy atom. The summed E-state index contributed by atoms with van der Waals surface area (Å²) in [4.78, 5) is 31.0. The fraction of sp³-hybridized carbons (Fsp3) is 0.261. The van der Waals surface area contributed by atoms with Crippen molar-refractivity contribution >= 4 is 29.2 Å². The number of nitrogens with two attached hydrogens (primary N) is 1. The lowest BCUT2D eigenvalue weighted by atomic mass is 10.0. The third kappa shape index (κ3) is 3.98. The summed E-state index contributed by atoms with van der Waals surface area (Å²) in [5, 5.41) is 0.418. The second-order valence-corrected chi connectivity index (χ2v) is 8.41. The molecule has 1 aliphatic rings. The number of benzene rings is 2. The Hall–Kier alpha value is -3.06. The smallest absolute Gasteiger partial charge is 0.275 e. The van der Waals surface area contributed by atoms with E-state index < -0.39 is 5.56 Å². The highest BCUT2D eigenvalue weighted by Crippen LogP contribution is 2.29. The molecular weight excluding hydrogens is 396 g/mol. The number of nitrogen functional groups attached to an aromatic ring is 1. The zero-order valence-electron chi connectivity index (χ0n) is 17.1. The van der Waals surface area contributed by atoms with E-state index in [1.807, 2.05) is 55.1 Å². The van der Waals surface area contributed by atoms with Crippen molar-refractivity contribution in [3.63, 3.8) is 0 Å². The van der Waals surface area contributed by atoms with Gasteiger partial charge in [0, 0.05) is 24.0 Å². The predicted molar refractivity (Wildman–Crippen MR) is 122 cm³/mol. The van der Waals surface area contributed by atoms with E-state index in [0.29, 0.717) is 17.5 Å². The molecule has 6 nitrogen and oxygen atoms in total. The molecule has 1 aromatic heterocycles. The number of carbonyl (C=O) groups excluding carboxylic acids is 1. The summed E-state index contributed by atoms with van der Waals surface area (Å²) in [6.07, 6.45) is 1.92. The van der Waals surface area contributed by atoms with E-state index in [-0.39, 0.29) is 11.7 Å². The Balaban J connectivity index is 1.62. The number of fused-ring (bicyclic) bond motifs is 1. The summed E-state index contributed by atoms with van der Waals surface area (Å²) in [7, 11) is 0. The number of amides is 1. The number of thioether (sulfide) groups is 1. The van der Waals surface area contributed by atoms with E-state index in [1.54, 1.807) is 4.57 Å². The molecule has 0 saturated heterocycles. The number of carbonyl (C=O) groups is 1. The van der Waals surface area contributed by atoms with Crippen LogP contribution in [0.15, 0.2) is 58.5 Å². The number of aromatic nitrogens is 2. The van der Waals surface area contributed by atoms with Gasteiger partial charge in [0.2, 0.25) is 5.91 Å². The van der Waals surface area contributed by atoms with Crippen LogP contribution >= 0.6 is 11.8 Å². The normalized spacial score (nSPS) is 13.2. The van der Waals surface area contributed by atoms with E-state index in [2.05, 4.69) is 11.1 Å². The fourth-order valence-corrected chi connectivity index (χ4v) is 4.60. The molecule has 1 aliphatic heterocycles. The van der Waals surface area contributed by atoms with Crippen molar-refractivity contribution in [3.05, 3.63) is 75.6 Å². The van der Waals surface area contributed by atoms with Gasteiger partial charge in [-0.3, -0.25) is 14.2 Å². The average Bonchev–Trinajstić information content (AvgIpc) is 2.73. The van der Waals surface area contributed by atoms with Crippen LogP contribution < -0.4 is 16.2 Å². The number of nitrogens with zero attached hydrogens (tertiary/aromatic N) is 3. The number of para-hydroxylation sites is 1. The Morgan fingerprint density at radius 1 is 1.13 bits per heavy atom. The second-order valence-electron chi connectivity index (χ2n) is 7.47. The topological polar surface area (TPSA) is 81.2 Å². The third-order valence-electron chi connectivity index (χ3n) is 5.41. The van der Waals surface area contributed by atoms with Gasteiger partial charge in [-0.05, 0) is 61.6 Å².